The van der Waals surface area contributed by atoms with Crippen LogP contribution in [-0.4, -0.2) is 34.8 Å². The lowest BCUT2D eigenvalue weighted by Gasteiger charge is -2.23. The minimum Gasteiger partial charge on any atom is -0.507 e. The number of benzene rings is 1. The molecule has 1 aromatic carbocycles. The number of ketones is 1. The van der Waals surface area contributed by atoms with Gasteiger partial charge in [0.05, 0.1) is 18.2 Å². The Bertz CT molecular complexity index is 916. The van der Waals surface area contributed by atoms with Crippen molar-refractivity contribution in [3.8, 4) is 5.75 Å². The maximum Gasteiger partial charge on any atom is 0.295 e. The topological polar surface area (TPSA) is 66.8 Å². The van der Waals surface area contributed by atoms with Gasteiger partial charge in [0.15, 0.2) is 0 Å². The zero-order valence-electron chi connectivity index (χ0n) is 15.1. The lowest BCUT2D eigenvalue weighted by molar-refractivity contribution is -0.139. The minimum atomic E-state index is -0.617. The highest BCUT2D eigenvalue weighted by Crippen LogP contribution is 2.41. The summed E-state index contributed by atoms with van der Waals surface area (Å²) >= 11 is 1.48. The van der Waals surface area contributed by atoms with E-state index in [2.05, 4.69) is 0 Å². The minimum absolute atomic E-state index is 0.112. The summed E-state index contributed by atoms with van der Waals surface area (Å²) in [6.07, 6.45) is 2.54. The van der Waals surface area contributed by atoms with Crippen LogP contribution in [0.5, 0.6) is 5.75 Å². The molecule has 0 saturated carbocycles. The second kappa shape index (κ2) is 7.19. The van der Waals surface area contributed by atoms with Crippen LogP contribution in [0, 0.1) is 0 Å². The van der Waals surface area contributed by atoms with Crippen LogP contribution in [0.3, 0.4) is 0 Å². The van der Waals surface area contributed by atoms with Gasteiger partial charge < -0.3 is 14.7 Å². The van der Waals surface area contributed by atoms with Crippen molar-refractivity contribution in [3.05, 3.63) is 57.3 Å². The Morgan fingerprint density at radius 1 is 1.33 bits per heavy atom. The molecular formula is C21H21NO4S. The van der Waals surface area contributed by atoms with Crippen molar-refractivity contribution in [3.63, 3.8) is 0 Å². The lowest BCUT2D eigenvalue weighted by atomic mass is 9.97. The predicted molar refractivity (Wildman–Crippen MR) is 104 cm³/mol. The van der Waals surface area contributed by atoms with Gasteiger partial charge in [-0.3, -0.25) is 9.59 Å². The van der Waals surface area contributed by atoms with E-state index in [0.717, 1.165) is 35.5 Å². The zero-order valence-corrected chi connectivity index (χ0v) is 15.9. The predicted octanol–water partition coefficient (Wildman–Crippen LogP) is 3.90. The van der Waals surface area contributed by atoms with Gasteiger partial charge in [-0.2, -0.15) is 0 Å². The second-order valence-electron chi connectivity index (χ2n) is 6.78. The molecule has 140 valence electrons. The zero-order chi connectivity index (χ0) is 19.0. The number of Topliss-reactive ketones (excluding diaryl/α,β-unsaturated/α-hetero) is 1. The monoisotopic (exact) mass is 383 g/mol. The summed E-state index contributed by atoms with van der Waals surface area (Å²) < 4.78 is 5.63. The van der Waals surface area contributed by atoms with Crippen LogP contribution in [0.1, 0.15) is 41.8 Å². The van der Waals surface area contributed by atoms with Crippen molar-refractivity contribution in [2.75, 3.05) is 13.2 Å². The van der Waals surface area contributed by atoms with Crippen LogP contribution in [-0.2, 0) is 16.0 Å². The van der Waals surface area contributed by atoms with E-state index in [1.165, 1.54) is 11.3 Å². The average Bonchev–Trinajstić information content (AvgIpc) is 3.30. The number of aliphatic hydroxyl groups excluding tert-OH is 1. The Morgan fingerprint density at radius 3 is 2.93 bits per heavy atom. The van der Waals surface area contributed by atoms with Crippen molar-refractivity contribution >= 4 is 28.8 Å². The van der Waals surface area contributed by atoms with E-state index in [0.29, 0.717) is 18.7 Å². The van der Waals surface area contributed by atoms with Gasteiger partial charge in [-0.1, -0.05) is 13.0 Å². The van der Waals surface area contributed by atoms with E-state index in [9.17, 15) is 14.7 Å². The van der Waals surface area contributed by atoms with Gasteiger partial charge in [0.1, 0.15) is 11.5 Å². The molecule has 2 aliphatic rings. The third-order valence-corrected chi connectivity index (χ3v) is 5.92. The van der Waals surface area contributed by atoms with E-state index < -0.39 is 17.7 Å². The molecule has 1 aromatic heterocycles. The van der Waals surface area contributed by atoms with Crippen LogP contribution in [0.4, 0.5) is 0 Å². The highest BCUT2D eigenvalue weighted by Gasteiger charge is 2.46. The molecule has 1 unspecified atom stereocenters. The molecule has 1 atom stereocenters. The number of carbonyl (C=O) groups excluding carboxylic acids is 2. The van der Waals surface area contributed by atoms with E-state index in [-0.39, 0.29) is 11.3 Å². The Labute approximate surface area is 161 Å². The molecule has 1 saturated heterocycles. The Kier molecular flexibility index (Phi) is 4.74. The van der Waals surface area contributed by atoms with Crippen LogP contribution in [0.25, 0.3) is 5.76 Å². The Hall–Kier alpha value is -2.60. The molecule has 6 heteroatoms. The number of ether oxygens (including phenoxy) is 1. The standard InChI is InChI=1S/C21H21NO4S/c1-2-9-22-18(16-6-4-11-27-16)17(20(24)21(22)25)19(23)14-7-8-15-13(12-14)5-3-10-26-15/h4,6-8,11-12,18,23H,2-3,5,9-10H2,1H3/b19-17-. The largest absolute Gasteiger partial charge is 0.507 e. The van der Waals surface area contributed by atoms with Crippen LogP contribution < -0.4 is 4.74 Å². The summed E-state index contributed by atoms with van der Waals surface area (Å²) in [5.74, 6) is -0.454. The first-order chi connectivity index (χ1) is 13.1. The molecule has 3 heterocycles. The highest BCUT2D eigenvalue weighted by molar-refractivity contribution is 7.10. The fourth-order valence-electron chi connectivity index (χ4n) is 3.76. The maximum atomic E-state index is 12.8. The van der Waals surface area contributed by atoms with Gasteiger partial charge in [-0.15, -0.1) is 11.3 Å². The summed E-state index contributed by atoms with van der Waals surface area (Å²) in [5, 5.41) is 12.9. The van der Waals surface area contributed by atoms with Crippen molar-refractivity contribution in [2.24, 2.45) is 0 Å². The number of amides is 1. The molecule has 0 radical (unpaired) electrons. The van der Waals surface area contributed by atoms with Gasteiger partial charge in [-0.05, 0) is 54.5 Å². The smallest absolute Gasteiger partial charge is 0.295 e. The second-order valence-corrected chi connectivity index (χ2v) is 7.76. The van der Waals surface area contributed by atoms with Crippen molar-refractivity contribution in [1.29, 1.82) is 0 Å². The number of thiophene rings is 1. The molecule has 27 heavy (non-hydrogen) atoms. The van der Waals surface area contributed by atoms with Crippen molar-refractivity contribution in [2.45, 2.75) is 32.2 Å². The van der Waals surface area contributed by atoms with Crippen molar-refractivity contribution < 1.29 is 19.4 Å². The van der Waals surface area contributed by atoms with Crippen molar-refractivity contribution in [1.82, 2.24) is 4.90 Å². The summed E-state index contributed by atoms with van der Waals surface area (Å²) in [6.45, 7) is 3.13. The van der Waals surface area contributed by atoms with Crippen LogP contribution in [0.15, 0.2) is 41.3 Å². The lowest BCUT2D eigenvalue weighted by Crippen LogP contribution is -2.30. The normalized spacial score (nSPS) is 21.2. The molecule has 2 aromatic rings. The number of hydrogen-bond donors (Lipinski definition) is 1. The van der Waals surface area contributed by atoms with Crippen LogP contribution in [0.2, 0.25) is 0 Å². The average molecular weight is 383 g/mol. The third kappa shape index (κ3) is 3.04. The molecule has 4 rings (SSSR count). The molecule has 0 bridgehead atoms. The maximum absolute atomic E-state index is 12.8. The van der Waals surface area contributed by atoms with E-state index >= 15 is 0 Å². The molecule has 0 aliphatic carbocycles. The van der Waals surface area contributed by atoms with E-state index in [1.807, 2.05) is 36.6 Å². The Balaban J connectivity index is 1.83. The number of aryl methyl sites for hydroxylation is 1. The molecule has 5 nitrogen and oxygen atoms in total. The summed E-state index contributed by atoms with van der Waals surface area (Å²) in [4.78, 5) is 27.8. The van der Waals surface area contributed by atoms with E-state index in [4.69, 9.17) is 4.74 Å². The number of nitrogens with zero attached hydrogens (tertiary/aromatic N) is 1. The summed E-state index contributed by atoms with van der Waals surface area (Å²) in [5.41, 5.74) is 1.74. The van der Waals surface area contributed by atoms with Gasteiger partial charge >= 0.3 is 0 Å². The summed E-state index contributed by atoms with van der Waals surface area (Å²) in [7, 11) is 0. The fourth-order valence-corrected chi connectivity index (χ4v) is 4.60. The first kappa shape index (κ1) is 17.8. The van der Waals surface area contributed by atoms with Gasteiger partial charge in [0, 0.05) is 17.0 Å². The first-order valence-corrected chi connectivity index (χ1v) is 10.1. The van der Waals surface area contributed by atoms with Crippen LogP contribution >= 0.6 is 11.3 Å². The highest BCUT2D eigenvalue weighted by atomic mass is 32.1. The number of aliphatic hydroxyl groups is 1. The number of rotatable bonds is 4. The first-order valence-electron chi connectivity index (χ1n) is 9.19. The fraction of sp³-hybridized carbons (Fsp3) is 0.333. The number of likely N-dealkylation sites (tertiary alicyclic amines) is 1. The number of fused-ring (bicyclic) bond motifs is 1. The molecule has 1 fully saturated rings. The van der Waals surface area contributed by atoms with E-state index in [1.54, 1.807) is 11.0 Å². The molecule has 1 N–H and O–H groups in total. The molecular weight excluding hydrogens is 362 g/mol. The van der Waals surface area contributed by atoms with Gasteiger partial charge in [-0.25, -0.2) is 0 Å². The van der Waals surface area contributed by atoms with Gasteiger partial charge in [0.25, 0.3) is 11.7 Å². The SMILES string of the molecule is CCCN1C(=O)C(=O)/C(=C(\O)c2ccc3c(c2)CCCO3)C1c1cccs1. The molecule has 0 spiro atoms. The number of carbonyl (C=O) groups is 2. The quantitative estimate of drug-likeness (QED) is 0.494. The molecule has 1 amide bonds. The molecule has 2 aliphatic heterocycles. The summed E-state index contributed by atoms with van der Waals surface area (Å²) in [6, 6.07) is 8.70. The van der Waals surface area contributed by atoms with Gasteiger partial charge in [0.2, 0.25) is 0 Å². The Morgan fingerprint density at radius 2 is 2.19 bits per heavy atom. The number of hydrogen-bond acceptors (Lipinski definition) is 5. The third-order valence-electron chi connectivity index (χ3n) is 5.00.